The Morgan fingerprint density at radius 2 is 1.93 bits per heavy atom. The molecule has 1 unspecified atom stereocenters. The monoisotopic (exact) mass is 389 g/mol. The van der Waals surface area contributed by atoms with E-state index in [-0.39, 0.29) is 18.3 Å². The number of carbonyl (C=O) groups is 1. The van der Waals surface area contributed by atoms with Crippen molar-refractivity contribution in [3.63, 3.8) is 0 Å². The van der Waals surface area contributed by atoms with Crippen molar-refractivity contribution in [2.24, 2.45) is 5.92 Å². The number of benzene rings is 1. The van der Waals surface area contributed by atoms with Crippen LogP contribution in [0.3, 0.4) is 0 Å². The molecule has 4 rings (SSSR count). The molecule has 0 radical (unpaired) electrons. The molecule has 2 aliphatic rings. The number of amides is 1. The fourth-order valence-corrected chi connectivity index (χ4v) is 4.22. The molecule has 1 N–H and O–H groups in total. The molecule has 1 aromatic carbocycles. The molecule has 6 nitrogen and oxygen atoms in total. The van der Waals surface area contributed by atoms with E-state index in [0.29, 0.717) is 17.7 Å². The maximum Gasteiger partial charge on any atom is 0.276 e. The van der Waals surface area contributed by atoms with Crippen LogP contribution in [-0.2, 0) is 6.42 Å². The maximum absolute atomic E-state index is 13.0. The van der Waals surface area contributed by atoms with Crippen LogP contribution in [-0.4, -0.2) is 52.0 Å². The Balaban J connectivity index is 0.00000210. The summed E-state index contributed by atoms with van der Waals surface area (Å²) < 4.78 is 1.96. The van der Waals surface area contributed by atoms with E-state index >= 15 is 0 Å². The van der Waals surface area contributed by atoms with Gasteiger partial charge in [-0.15, -0.1) is 17.5 Å². The summed E-state index contributed by atoms with van der Waals surface area (Å²) in [7, 11) is 0. The third-order valence-corrected chi connectivity index (χ3v) is 5.72. The van der Waals surface area contributed by atoms with Crippen molar-refractivity contribution in [1.82, 2.24) is 25.2 Å². The summed E-state index contributed by atoms with van der Waals surface area (Å²) in [5.74, 6) is 0.569. The maximum atomic E-state index is 13.0. The van der Waals surface area contributed by atoms with Gasteiger partial charge >= 0.3 is 0 Å². The number of hydrogen-bond donors (Lipinski definition) is 1. The van der Waals surface area contributed by atoms with Crippen molar-refractivity contribution in [2.45, 2.75) is 38.6 Å². The number of nitrogens with zero attached hydrogens (tertiary/aromatic N) is 4. The van der Waals surface area contributed by atoms with Crippen LogP contribution < -0.4 is 5.32 Å². The van der Waals surface area contributed by atoms with Gasteiger partial charge < -0.3 is 10.2 Å². The zero-order chi connectivity index (χ0) is 17.9. The number of halogens is 1. The number of hydrogen-bond acceptors (Lipinski definition) is 4. The Morgan fingerprint density at radius 1 is 1.19 bits per heavy atom. The van der Waals surface area contributed by atoms with Gasteiger partial charge in [0.2, 0.25) is 0 Å². The van der Waals surface area contributed by atoms with Crippen LogP contribution in [0, 0.1) is 12.8 Å². The molecule has 2 saturated heterocycles. The van der Waals surface area contributed by atoms with Gasteiger partial charge in [-0.05, 0) is 57.2 Å². The summed E-state index contributed by atoms with van der Waals surface area (Å²) in [6.45, 7) is 5.61. The van der Waals surface area contributed by atoms with Gasteiger partial charge in [-0.2, -0.15) is 0 Å². The van der Waals surface area contributed by atoms with Crippen LogP contribution >= 0.6 is 12.4 Å². The molecule has 2 aromatic rings. The topological polar surface area (TPSA) is 63.1 Å². The second kappa shape index (κ2) is 8.85. The highest BCUT2D eigenvalue weighted by Crippen LogP contribution is 2.24. The van der Waals surface area contributed by atoms with Crippen LogP contribution in [0.4, 0.5) is 0 Å². The van der Waals surface area contributed by atoms with E-state index in [9.17, 15) is 4.79 Å². The fourth-order valence-electron chi connectivity index (χ4n) is 4.22. The number of rotatable bonds is 4. The highest BCUT2D eigenvalue weighted by Gasteiger charge is 2.31. The van der Waals surface area contributed by atoms with Gasteiger partial charge in [0.1, 0.15) is 0 Å². The first-order valence-electron chi connectivity index (χ1n) is 9.68. The van der Waals surface area contributed by atoms with Crippen LogP contribution in [0.25, 0.3) is 0 Å². The summed E-state index contributed by atoms with van der Waals surface area (Å²) >= 11 is 0. The summed E-state index contributed by atoms with van der Waals surface area (Å²) in [6.07, 6.45) is 4.18. The molecular weight excluding hydrogens is 362 g/mol. The minimum Gasteiger partial charge on any atom is -0.337 e. The Kier molecular flexibility index (Phi) is 6.50. The van der Waals surface area contributed by atoms with E-state index in [1.54, 1.807) is 0 Å². The molecule has 0 spiro atoms. The average molecular weight is 390 g/mol. The minimum absolute atomic E-state index is 0. The van der Waals surface area contributed by atoms with Crippen molar-refractivity contribution in [1.29, 1.82) is 0 Å². The van der Waals surface area contributed by atoms with Gasteiger partial charge in [-0.1, -0.05) is 35.5 Å². The van der Waals surface area contributed by atoms with E-state index in [1.807, 2.05) is 22.6 Å². The molecular formula is C20H28ClN5O. The van der Waals surface area contributed by atoms with Crippen molar-refractivity contribution in [3.05, 3.63) is 47.3 Å². The molecule has 27 heavy (non-hydrogen) atoms. The van der Waals surface area contributed by atoms with Crippen LogP contribution in [0.15, 0.2) is 30.3 Å². The standard InChI is InChI=1S/C20H27N5O.ClH/c1-15-19(22-23-25(15)18-7-10-21-11-8-18)20(26)24-12-9-17(14-24)13-16-5-3-2-4-6-16;/h2-6,17-18,21H,7-14H2,1H3;1H. The van der Waals surface area contributed by atoms with E-state index in [4.69, 9.17) is 0 Å². The number of piperidine rings is 1. The zero-order valence-electron chi connectivity index (χ0n) is 15.8. The van der Waals surface area contributed by atoms with E-state index in [0.717, 1.165) is 57.6 Å². The van der Waals surface area contributed by atoms with Gasteiger partial charge in [-0.3, -0.25) is 4.79 Å². The smallest absolute Gasteiger partial charge is 0.276 e. The Labute approximate surface area is 166 Å². The third-order valence-electron chi connectivity index (χ3n) is 5.72. The first-order chi connectivity index (χ1) is 12.7. The SMILES string of the molecule is Cc1c(C(=O)N2CCC(Cc3ccccc3)C2)nnn1C1CCNCC1.Cl. The summed E-state index contributed by atoms with van der Waals surface area (Å²) in [5, 5.41) is 11.9. The Hall–Kier alpha value is -1.92. The summed E-state index contributed by atoms with van der Waals surface area (Å²) in [5.41, 5.74) is 2.79. The normalized spacial score (nSPS) is 20.5. The predicted molar refractivity (Wildman–Crippen MR) is 107 cm³/mol. The summed E-state index contributed by atoms with van der Waals surface area (Å²) in [6, 6.07) is 10.9. The highest BCUT2D eigenvalue weighted by molar-refractivity contribution is 5.93. The lowest BCUT2D eigenvalue weighted by atomic mass is 9.99. The summed E-state index contributed by atoms with van der Waals surface area (Å²) in [4.78, 5) is 14.9. The number of aromatic nitrogens is 3. The fraction of sp³-hybridized carbons (Fsp3) is 0.550. The largest absolute Gasteiger partial charge is 0.337 e. The van der Waals surface area contributed by atoms with Crippen LogP contribution in [0.1, 0.15) is 47.1 Å². The third kappa shape index (κ3) is 4.33. The molecule has 1 atom stereocenters. The lowest BCUT2D eigenvalue weighted by Crippen LogP contribution is -2.31. The molecule has 7 heteroatoms. The molecule has 1 amide bonds. The molecule has 146 valence electrons. The van der Waals surface area contributed by atoms with Crippen molar-refractivity contribution >= 4 is 18.3 Å². The first kappa shape index (κ1) is 19.8. The lowest BCUT2D eigenvalue weighted by Gasteiger charge is -2.23. The molecule has 0 bridgehead atoms. The van der Waals surface area contributed by atoms with Crippen LogP contribution in [0.2, 0.25) is 0 Å². The first-order valence-corrected chi connectivity index (χ1v) is 9.68. The number of carbonyl (C=O) groups excluding carboxylic acids is 1. The number of nitrogens with one attached hydrogen (secondary N) is 1. The van der Waals surface area contributed by atoms with Crippen molar-refractivity contribution < 1.29 is 4.79 Å². The molecule has 2 fully saturated rings. The zero-order valence-corrected chi connectivity index (χ0v) is 16.6. The lowest BCUT2D eigenvalue weighted by molar-refractivity contribution is 0.0780. The highest BCUT2D eigenvalue weighted by atomic mass is 35.5. The second-order valence-corrected chi connectivity index (χ2v) is 7.54. The second-order valence-electron chi connectivity index (χ2n) is 7.54. The van der Waals surface area contributed by atoms with Gasteiger partial charge in [0.15, 0.2) is 5.69 Å². The molecule has 1 aromatic heterocycles. The molecule has 0 aliphatic carbocycles. The molecule has 0 saturated carbocycles. The average Bonchev–Trinajstić information content (AvgIpc) is 3.30. The Bertz CT molecular complexity index is 757. The van der Waals surface area contributed by atoms with E-state index in [1.165, 1.54) is 5.56 Å². The molecule has 3 heterocycles. The quantitative estimate of drug-likeness (QED) is 0.873. The molecule has 2 aliphatic heterocycles. The van der Waals surface area contributed by atoms with Gasteiger partial charge in [0.25, 0.3) is 5.91 Å². The minimum atomic E-state index is 0. The van der Waals surface area contributed by atoms with E-state index in [2.05, 4.69) is 39.9 Å². The van der Waals surface area contributed by atoms with Gasteiger partial charge in [-0.25, -0.2) is 4.68 Å². The van der Waals surface area contributed by atoms with Gasteiger partial charge in [0.05, 0.1) is 11.7 Å². The predicted octanol–water partition coefficient (Wildman–Crippen LogP) is 2.64. The van der Waals surface area contributed by atoms with Gasteiger partial charge in [0, 0.05) is 13.1 Å². The van der Waals surface area contributed by atoms with E-state index < -0.39 is 0 Å². The van der Waals surface area contributed by atoms with Crippen molar-refractivity contribution in [2.75, 3.05) is 26.2 Å². The number of likely N-dealkylation sites (tertiary alicyclic amines) is 1. The Morgan fingerprint density at radius 3 is 2.67 bits per heavy atom. The van der Waals surface area contributed by atoms with Crippen molar-refractivity contribution in [3.8, 4) is 0 Å². The van der Waals surface area contributed by atoms with Crippen LogP contribution in [0.5, 0.6) is 0 Å².